The molecular formula is C14H21NO2S. The van der Waals surface area contributed by atoms with Gasteiger partial charge in [-0.2, -0.15) is 11.8 Å². The van der Waals surface area contributed by atoms with Crippen molar-refractivity contribution in [3.63, 3.8) is 0 Å². The number of nitrogens with zero attached hydrogens (tertiary/aromatic N) is 1. The summed E-state index contributed by atoms with van der Waals surface area (Å²) >= 11 is 1.90. The highest BCUT2D eigenvalue weighted by molar-refractivity contribution is 7.99. The van der Waals surface area contributed by atoms with Crippen molar-refractivity contribution in [3.8, 4) is 5.75 Å². The summed E-state index contributed by atoms with van der Waals surface area (Å²) in [5.41, 5.74) is 0.0310. The predicted octanol–water partition coefficient (Wildman–Crippen LogP) is 1.89. The second-order valence-corrected chi connectivity index (χ2v) is 6.41. The molecule has 4 heteroatoms. The van der Waals surface area contributed by atoms with Crippen LogP contribution in [0.4, 0.5) is 0 Å². The monoisotopic (exact) mass is 267 g/mol. The molecule has 3 nitrogen and oxygen atoms in total. The van der Waals surface area contributed by atoms with Gasteiger partial charge in [0.15, 0.2) is 0 Å². The second kappa shape index (κ2) is 5.51. The smallest absolute Gasteiger partial charge is 0.115 e. The predicted molar refractivity (Wildman–Crippen MR) is 76.0 cm³/mol. The van der Waals surface area contributed by atoms with Crippen LogP contribution in [0, 0.1) is 5.92 Å². The number of hydrogen-bond acceptors (Lipinski definition) is 4. The molecule has 1 aliphatic rings. The Morgan fingerprint density at radius 1 is 1.44 bits per heavy atom. The molecule has 0 unspecified atom stereocenters. The van der Waals surface area contributed by atoms with Gasteiger partial charge < -0.3 is 15.1 Å². The third-order valence-corrected chi connectivity index (χ3v) is 4.68. The zero-order chi connectivity index (χ0) is 13.2. The van der Waals surface area contributed by atoms with Gasteiger partial charge in [0, 0.05) is 18.2 Å². The minimum atomic E-state index is -0.811. The van der Waals surface area contributed by atoms with Crippen molar-refractivity contribution < 1.29 is 10.2 Å². The molecule has 100 valence electrons. The SMILES string of the molecule is CN(C)C[C@H]1CSCC[C@]1(O)c1cccc(O)c1. The van der Waals surface area contributed by atoms with E-state index in [2.05, 4.69) is 4.90 Å². The maximum absolute atomic E-state index is 11.0. The van der Waals surface area contributed by atoms with Gasteiger partial charge in [0.1, 0.15) is 5.75 Å². The van der Waals surface area contributed by atoms with Crippen molar-refractivity contribution >= 4 is 11.8 Å². The summed E-state index contributed by atoms with van der Waals surface area (Å²) in [6.45, 7) is 0.860. The topological polar surface area (TPSA) is 43.7 Å². The van der Waals surface area contributed by atoms with Crippen molar-refractivity contribution in [2.24, 2.45) is 5.92 Å². The fourth-order valence-electron chi connectivity index (χ4n) is 2.60. The van der Waals surface area contributed by atoms with E-state index >= 15 is 0 Å². The first-order chi connectivity index (χ1) is 8.52. The molecule has 0 bridgehead atoms. The lowest BCUT2D eigenvalue weighted by atomic mass is 9.79. The van der Waals surface area contributed by atoms with Gasteiger partial charge in [-0.25, -0.2) is 0 Å². The molecule has 0 aromatic heterocycles. The minimum absolute atomic E-state index is 0.202. The van der Waals surface area contributed by atoms with Gasteiger partial charge in [-0.3, -0.25) is 0 Å². The lowest BCUT2D eigenvalue weighted by Gasteiger charge is -2.41. The highest BCUT2D eigenvalue weighted by Crippen LogP contribution is 2.41. The standard InChI is InChI=1S/C14H21NO2S/c1-15(2)9-12-10-18-7-6-14(12,17)11-4-3-5-13(16)8-11/h3-5,8,12,16-17H,6-7,9-10H2,1-2H3/t12-,14-/m0/s1. The largest absolute Gasteiger partial charge is 0.508 e. The van der Waals surface area contributed by atoms with Crippen LogP contribution in [-0.4, -0.2) is 47.3 Å². The molecule has 2 atom stereocenters. The van der Waals surface area contributed by atoms with Gasteiger partial charge in [0.05, 0.1) is 5.60 Å². The number of hydrogen-bond donors (Lipinski definition) is 2. The molecule has 0 spiro atoms. The van der Waals surface area contributed by atoms with Crippen LogP contribution in [0.5, 0.6) is 5.75 Å². The average molecular weight is 267 g/mol. The van der Waals surface area contributed by atoms with E-state index in [0.29, 0.717) is 0 Å². The number of rotatable bonds is 3. The fraction of sp³-hybridized carbons (Fsp3) is 0.571. The van der Waals surface area contributed by atoms with E-state index in [9.17, 15) is 10.2 Å². The highest BCUT2D eigenvalue weighted by Gasteiger charge is 2.40. The first kappa shape index (κ1) is 13.7. The Hall–Kier alpha value is -0.710. The average Bonchev–Trinajstić information content (AvgIpc) is 2.32. The Balaban J connectivity index is 2.29. The Morgan fingerprint density at radius 3 is 2.89 bits per heavy atom. The van der Waals surface area contributed by atoms with Crippen molar-refractivity contribution in [2.45, 2.75) is 12.0 Å². The first-order valence-electron chi connectivity index (χ1n) is 6.27. The lowest BCUT2D eigenvalue weighted by molar-refractivity contribution is -0.0294. The Morgan fingerprint density at radius 2 is 2.22 bits per heavy atom. The third kappa shape index (κ3) is 2.82. The molecule has 1 aliphatic heterocycles. The molecule has 0 amide bonds. The third-order valence-electron chi connectivity index (χ3n) is 3.55. The quantitative estimate of drug-likeness (QED) is 0.878. The molecular weight excluding hydrogens is 246 g/mol. The van der Waals surface area contributed by atoms with Crippen LogP contribution in [0.25, 0.3) is 0 Å². The van der Waals surface area contributed by atoms with Crippen LogP contribution in [0.2, 0.25) is 0 Å². The molecule has 0 radical (unpaired) electrons. The molecule has 2 N–H and O–H groups in total. The van der Waals surface area contributed by atoms with Gasteiger partial charge in [-0.05, 0) is 44.0 Å². The molecule has 2 rings (SSSR count). The Labute approximate surface area is 113 Å². The van der Waals surface area contributed by atoms with Gasteiger partial charge in [-0.15, -0.1) is 0 Å². The van der Waals surface area contributed by atoms with Gasteiger partial charge in [0.2, 0.25) is 0 Å². The highest BCUT2D eigenvalue weighted by atomic mass is 32.2. The van der Waals surface area contributed by atoms with Gasteiger partial charge in [-0.1, -0.05) is 12.1 Å². The summed E-state index contributed by atoms with van der Waals surface area (Å²) in [5.74, 6) is 2.36. The zero-order valence-electron chi connectivity index (χ0n) is 11.0. The van der Waals surface area contributed by atoms with E-state index in [4.69, 9.17) is 0 Å². The fourth-order valence-corrected chi connectivity index (χ4v) is 3.88. The lowest BCUT2D eigenvalue weighted by Crippen LogP contribution is -2.45. The number of aromatic hydroxyl groups is 1. The van der Waals surface area contributed by atoms with Crippen LogP contribution < -0.4 is 0 Å². The second-order valence-electron chi connectivity index (χ2n) is 5.26. The zero-order valence-corrected chi connectivity index (χ0v) is 11.8. The Kier molecular flexibility index (Phi) is 4.20. The number of thioether (sulfide) groups is 1. The summed E-state index contributed by atoms with van der Waals surface area (Å²) in [7, 11) is 4.06. The van der Waals surface area contributed by atoms with E-state index in [1.54, 1.807) is 18.2 Å². The van der Waals surface area contributed by atoms with Crippen molar-refractivity contribution in [2.75, 3.05) is 32.1 Å². The number of phenols is 1. The maximum atomic E-state index is 11.0. The normalized spacial score (nSPS) is 28.6. The Bertz CT molecular complexity index is 411. The van der Waals surface area contributed by atoms with E-state index in [-0.39, 0.29) is 11.7 Å². The first-order valence-corrected chi connectivity index (χ1v) is 7.42. The summed E-state index contributed by atoms with van der Waals surface area (Å²) in [6.07, 6.45) is 0.750. The number of aliphatic hydroxyl groups is 1. The van der Waals surface area contributed by atoms with Gasteiger partial charge in [0.25, 0.3) is 0 Å². The van der Waals surface area contributed by atoms with Crippen LogP contribution in [0.15, 0.2) is 24.3 Å². The molecule has 1 aromatic rings. The summed E-state index contributed by atoms with van der Waals surface area (Å²) < 4.78 is 0. The maximum Gasteiger partial charge on any atom is 0.115 e. The molecule has 1 aromatic carbocycles. The van der Waals surface area contributed by atoms with Crippen molar-refractivity contribution in [1.29, 1.82) is 0 Å². The molecule has 0 aliphatic carbocycles. The van der Waals surface area contributed by atoms with Gasteiger partial charge >= 0.3 is 0 Å². The molecule has 1 fully saturated rings. The molecule has 18 heavy (non-hydrogen) atoms. The van der Waals surface area contributed by atoms with Crippen LogP contribution in [0.3, 0.4) is 0 Å². The number of phenolic OH excluding ortho intramolecular Hbond substituents is 1. The van der Waals surface area contributed by atoms with Crippen LogP contribution in [-0.2, 0) is 5.60 Å². The number of benzene rings is 1. The summed E-state index contributed by atoms with van der Waals surface area (Å²) in [4.78, 5) is 2.12. The molecule has 1 heterocycles. The van der Waals surface area contributed by atoms with Crippen molar-refractivity contribution in [3.05, 3.63) is 29.8 Å². The van der Waals surface area contributed by atoms with Crippen LogP contribution >= 0.6 is 11.8 Å². The molecule has 0 saturated carbocycles. The van der Waals surface area contributed by atoms with E-state index < -0.39 is 5.60 Å². The summed E-state index contributed by atoms with van der Waals surface area (Å²) in [6, 6.07) is 7.06. The van der Waals surface area contributed by atoms with E-state index in [1.807, 2.05) is 31.9 Å². The van der Waals surface area contributed by atoms with E-state index in [0.717, 1.165) is 30.0 Å². The van der Waals surface area contributed by atoms with E-state index in [1.165, 1.54) is 0 Å². The summed E-state index contributed by atoms with van der Waals surface area (Å²) in [5, 5.41) is 20.6. The molecule has 1 saturated heterocycles. The minimum Gasteiger partial charge on any atom is -0.508 e. The van der Waals surface area contributed by atoms with Crippen LogP contribution in [0.1, 0.15) is 12.0 Å². The van der Waals surface area contributed by atoms with Crippen molar-refractivity contribution in [1.82, 2.24) is 4.90 Å².